The summed E-state index contributed by atoms with van der Waals surface area (Å²) < 4.78 is 5.77. The highest BCUT2D eigenvalue weighted by Crippen LogP contribution is 2.24. The normalized spacial score (nSPS) is 21.3. The number of hydrogen-bond acceptors (Lipinski definition) is 4. The molecule has 1 unspecified atom stereocenters. The fraction of sp³-hybridized carbons (Fsp3) is 0.700. The van der Waals surface area contributed by atoms with Crippen molar-refractivity contribution in [3.63, 3.8) is 0 Å². The van der Waals surface area contributed by atoms with Crippen LogP contribution in [-0.2, 0) is 20.9 Å². The Kier molecular flexibility index (Phi) is 6.70. The SMILES string of the molecule is CC(C)C(=O)N1CCC(C(=O)N(Cc2cccs2)CC2CCCO2)CC1. The summed E-state index contributed by atoms with van der Waals surface area (Å²) in [6, 6.07) is 4.12. The predicted octanol–water partition coefficient (Wildman–Crippen LogP) is 3.15. The molecule has 0 bridgehead atoms. The van der Waals surface area contributed by atoms with Crippen LogP contribution < -0.4 is 0 Å². The van der Waals surface area contributed by atoms with Gasteiger partial charge in [0.25, 0.3) is 0 Å². The van der Waals surface area contributed by atoms with E-state index in [4.69, 9.17) is 4.74 Å². The van der Waals surface area contributed by atoms with E-state index in [1.54, 1.807) is 11.3 Å². The van der Waals surface area contributed by atoms with E-state index < -0.39 is 0 Å². The molecule has 2 aliphatic rings. The van der Waals surface area contributed by atoms with Crippen LogP contribution in [0.4, 0.5) is 0 Å². The molecule has 2 fully saturated rings. The quantitative estimate of drug-likeness (QED) is 0.764. The van der Waals surface area contributed by atoms with Gasteiger partial charge in [-0.15, -0.1) is 11.3 Å². The summed E-state index contributed by atoms with van der Waals surface area (Å²) in [5.41, 5.74) is 0. The topological polar surface area (TPSA) is 49.9 Å². The first-order valence-electron chi connectivity index (χ1n) is 9.76. The Bertz CT molecular complexity index is 588. The Hall–Kier alpha value is -1.40. The van der Waals surface area contributed by atoms with Crippen molar-refractivity contribution in [2.45, 2.75) is 52.2 Å². The second-order valence-electron chi connectivity index (χ2n) is 7.69. The Labute approximate surface area is 160 Å². The number of likely N-dealkylation sites (tertiary alicyclic amines) is 1. The van der Waals surface area contributed by atoms with Gasteiger partial charge in [0.15, 0.2) is 0 Å². The first-order valence-corrected chi connectivity index (χ1v) is 10.6. The van der Waals surface area contributed by atoms with E-state index in [0.717, 1.165) is 32.3 Å². The summed E-state index contributed by atoms with van der Waals surface area (Å²) in [6.07, 6.45) is 3.83. The molecule has 6 heteroatoms. The molecule has 0 N–H and O–H groups in total. The minimum absolute atomic E-state index is 0.0209. The fourth-order valence-corrected chi connectivity index (χ4v) is 4.55. The van der Waals surface area contributed by atoms with Crippen molar-refractivity contribution in [2.24, 2.45) is 11.8 Å². The van der Waals surface area contributed by atoms with Crippen molar-refractivity contribution >= 4 is 23.2 Å². The molecule has 3 rings (SSSR count). The predicted molar refractivity (Wildman–Crippen MR) is 103 cm³/mol. The van der Waals surface area contributed by atoms with Gasteiger partial charge >= 0.3 is 0 Å². The summed E-state index contributed by atoms with van der Waals surface area (Å²) in [6.45, 7) is 7.42. The molecule has 3 heterocycles. The average molecular weight is 379 g/mol. The molecule has 2 saturated heterocycles. The molecule has 1 atom stereocenters. The molecule has 1 aromatic heterocycles. The number of piperidine rings is 1. The molecule has 0 spiro atoms. The summed E-state index contributed by atoms with van der Waals surface area (Å²) in [7, 11) is 0. The van der Waals surface area contributed by atoms with Gasteiger partial charge in [0.05, 0.1) is 12.6 Å². The zero-order valence-electron chi connectivity index (χ0n) is 15.9. The van der Waals surface area contributed by atoms with Gasteiger partial charge in [-0.3, -0.25) is 9.59 Å². The summed E-state index contributed by atoms with van der Waals surface area (Å²) in [5, 5.41) is 2.06. The van der Waals surface area contributed by atoms with Crippen LogP contribution in [0.5, 0.6) is 0 Å². The van der Waals surface area contributed by atoms with Gasteiger partial charge in [-0.25, -0.2) is 0 Å². The van der Waals surface area contributed by atoms with E-state index in [1.165, 1.54) is 4.88 Å². The lowest BCUT2D eigenvalue weighted by molar-refractivity contribution is -0.143. The van der Waals surface area contributed by atoms with Crippen LogP contribution in [0.1, 0.15) is 44.4 Å². The first-order chi connectivity index (χ1) is 12.5. The number of thiophene rings is 1. The van der Waals surface area contributed by atoms with E-state index >= 15 is 0 Å². The highest BCUT2D eigenvalue weighted by molar-refractivity contribution is 7.09. The minimum atomic E-state index is 0.0209. The molecular weight excluding hydrogens is 348 g/mol. The Balaban J connectivity index is 1.60. The van der Waals surface area contributed by atoms with Crippen molar-refractivity contribution < 1.29 is 14.3 Å². The first kappa shape index (κ1) is 19.4. The molecule has 5 nitrogen and oxygen atoms in total. The summed E-state index contributed by atoms with van der Waals surface area (Å²) in [4.78, 5) is 30.5. The Morgan fingerprint density at radius 1 is 1.31 bits per heavy atom. The third kappa shape index (κ3) is 4.86. The summed E-state index contributed by atoms with van der Waals surface area (Å²) in [5.74, 6) is 0.473. The van der Waals surface area contributed by atoms with E-state index in [1.807, 2.05) is 29.7 Å². The van der Waals surface area contributed by atoms with Gasteiger partial charge in [0.1, 0.15) is 0 Å². The van der Waals surface area contributed by atoms with Crippen molar-refractivity contribution in [1.29, 1.82) is 0 Å². The van der Waals surface area contributed by atoms with Gasteiger partial charge < -0.3 is 14.5 Å². The van der Waals surface area contributed by atoms with Gasteiger partial charge in [0.2, 0.25) is 11.8 Å². The van der Waals surface area contributed by atoms with Crippen LogP contribution >= 0.6 is 11.3 Å². The average Bonchev–Trinajstić information content (AvgIpc) is 3.34. The van der Waals surface area contributed by atoms with Crippen molar-refractivity contribution in [2.75, 3.05) is 26.2 Å². The molecule has 1 aromatic rings. The van der Waals surface area contributed by atoms with Gasteiger partial charge in [-0.05, 0) is 37.1 Å². The van der Waals surface area contributed by atoms with Crippen molar-refractivity contribution in [3.05, 3.63) is 22.4 Å². The van der Waals surface area contributed by atoms with Crippen LogP contribution in [0.2, 0.25) is 0 Å². The fourth-order valence-electron chi connectivity index (χ4n) is 3.83. The van der Waals surface area contributed by atoms with Crippen LogP contribution in [0.25, 0.3) is 0 Å². The molecule has 0 aromatic carbocycles. The van der Waals surface area contributed by atoms with Crippen LogP contribution in [0.3, 0.4) is 0 Å². The lowest BCUT2D eigenvalue weighted by atomic mass is 9.94. The molecule has 2 amide bonds. The molecule has 144 valence electrons. The van der Waals surface area contributed by atoms with Crippen LogP contribution in [0.15, 0.2) is 17.5 Å². The van der Waals surface area contributed by atoms with Gasteiger partial charge in [-0.1, -0.05) is 19.9 Å². The molecule has 0 saturated carbocycles. The van der Waals surface area contributed by atoms with Gasteiger partial charge in [0, 0.05) is 43.0 Å². The third-order valence-corrected chi connectivity index (χ3v) is 6.20. The number of ether oxygens (including phenoxy) is 1. The highest BCUT2D eigenvalue weighted by atomic mass is 32.1. The number of carbonyl (C=O) groups excluding carboxylic acids is 2. The number of amides is 2. The van der Waals surface area contributed by atoms with Crippen molar-refractivity contribution in [1.82, 2.24) is 9.80 Å². The second-order valence-corrected chi connectivity index (χ2v) is 8.72. The zero-order chi connectivity index (χ0) is 18.5. The minimum Gasteiger partial charge on any atom is -0.376 e. The van der Waals surface area contributed by atoms with E-state index in [-0.39, 0.29) is 29.8 Å². The number of carbonyl (C=O) groups is 2. The Morgan fingerprint density at radius 2 is 2.08 bits per heavy atom. The van der Waals surface area contributed by atoms with E-state index in [9.17, 15) is 9.59 Å². The van der Waals surface area contributed by atoms with Crippen LogP contribution in [0, 0.1) is 11.8 Å². The smallest absolute Gasteiger partial charge is 0.226 e. The maximum absolute atomic E-state index is 13.2. The number of rotatable bonds is 6. The lowest BCUT2D eigenvalue weighted by Gasteiger charge is -2.35. The number of nitrogens with zero attached hydrogens (tertiary/aromatic N) is 2. The Morgan fingerprint density at radius 3 is 2.65 bits per heavy atom. The number of hydrogen-bond donors (Lipinski definition) is 0. The lowest BCUT2D eigenvalue weighted by Crippen LogP contribution is -2.46. The maximum Gasteiger partial charge on any atom is 0.226 e. The standard InChI is InChI=1S/C20H30N2O3S/c1-15(2)19(23)21-9-7-16(8-10-21)20(24)22(13-17-5-3-11-25-17)14-18-6-4-12-26-18/h4,6,12,15-17H,3,5,7-11,13-14H2,1-2H3. The van der Waals surface area contributed by atoms with Gasteiger partial charge in [-0.2, -0.15) is 0 Å². The van der Waals surface area contributed by atoms with E-state index in [0.29, 0.717) is 26.2 Å². The molecular formula is C20H30N2O3S. The third-order valence-electron chi connectivity index (χ3n) is 5.34. The maximum atomic E-state index is 13.2. The molecule has 26 heavy (non-hydrogen) atoms. The van der Waals surface area contributed by atoms with E-state index in [2.05, 4.69) is 11.4 Å². The molecule has 0 aliphatic carbocycles. The second kappa shape index (κ2) is 9.00. The largest absolute Gasteiger partial charge is 0.376 e. The summed E-state index contributed by atoms with van der Waals surface area (Å²) >= 11 is 1.69. The van der Waals surface area contributed by atoms with Crippen LogP contribution in [-0.4, -0.2) is 54.0 Å². The molecule has 2 aliphatic heterocycles. The zero-order valence-corrected chi connectivity index (χ0v) is 16.7. The monoisotopic (exact) mass is 378 g/mol. The highest BCUT2D eigenvalue weighted by Gasteiger charge is 2.32. The molecule has 0 radical (unpaired) electrons. The van der Waals surface area contributed by atoms with Crippen molar-refractivity contribution in [3.8, 4) is 0 Å².